The number of hydrogen-bond acceptors (Lipinski definition) is 1. The Kier molecular flexibility index (Phi) is 2.24. The Morgan fingerprint density at radius 2 is 2.42 bits per heavy atom. The predicted molar refractivity (Wildman–Crippen MR) is 55.9 cm³/mol. The van der Waals surface area contributed by atoms with Gasteiger partial charge in [-0.3, -0.25) is 0 Å². The smallest absolute Gasteiger partial charge is 0.0525 e. The van der Waals surface area contributed by atoms with Crippen LogP contribution >= 0.6 is 22.9 Å². The quantitative estimate of drug-likeness (QED) is 0.602. The Bertz CT molecular complexity index is 311. The lowest BCUT2D eigenvalue weighted by atomic mass is 10.1. The summed E-state index contributed by atoms with van der Waals surface area (Å²) in [5.74, 6) is 0. The zero-order valence-corrected chi connectivity index (χ0v) is 8.58. The number of halogens is 1. The molecule has 64 valence electrons. The van der Waals surface area contributed by atoms with Gasteiger partial charge in [0.1, 0.15) is 0 Å². The van der Waals surface area contributed by atoms with Gasteiger partial charge in [-0.1, -0.05) is 6.08 Å². The number of aryl methyl sites for hydroxylation is 1. The first kappa shape index (κ1) is 8.33. The largest absolute Gasteiger partial charge is 0.149 e. The third kappa shape index (κ3) is 1.44. The molecule has 1 unspecified atom stereocenters. The van der Waals surface area contributed by atoms with E-state index in [4.69, 9.17) is 11.6 Å². The van der Waals surface area contributed by atoms with Crippen molar-refractivity contribution < 1.29 is 0 Å². The molecule has 0 aliphatic heterocycles. The van der Waals surface area contributed by atoms with Crippen LogP contribution in [-0.2, 0) is 0 Å². The molecule has 1 aliphatic rings. The van der Waals surface area contributed by atoms with Crippen LogP contribution in [0.3, 0.4) is 0 Å². The van der Waals surface area contributed by atoms with Gasteiger partial charge in [-0.15, -0.1) is 22.9 Å². The minimum Gasteiger partial charge on any atom is -0.149 e. The van der Waals surface area contributed by atoms with E-state index >= 15 is 0 Å². The molecule has 1 atom stereocenters. The maximum atomic E-state index is 6.00. The van der Waals surface area contributed by atoms with E-state index < -0.39 is 0 Å². The Balaban J connectivity index is 2.32. The SMILES string of the molecule is Cc1sccc1C1=CC(Cl)CC1. The second-order valence-electron chi connectivity index (χ2n) is 3.14. The molecular weight excluding hydrogens is 188 g/mol. The Morgan fingerprint density at radius 3 is 2.92 bits per heavy atom. The van der Waals surface area contributed by atoms with Crippen molar-refractivity contribution in [2.45, 2.75) is 25.1 Å². The second-order valence-corrected chi connectivity index (χ2v) is 4.82. The highest BCUT2D eigenvalue weighted by Gasteiger charge is 2.15. The Morgan fingerprint density at radius 1 is 1.58 bits per heavy atom. The topological polar surface area (TPSA) is 0 Å². The van der Waals surface area contributed by atoms with Crippen LogP contribution in [0.15, 0.2) is 17.5 Å². The molecule has 1 aromatic heterocycles. The van der Waals surface area contributed by atoms with Crippen molar-refractivity contribution in [1.29, 1.82) is 0 Å². The van der Waals surface area contributed by atoms with E-state index in [9.17, 15) is 0 Å². The summed E-state index contributed by atoms with van der Waals surface area (Å²) in [6, 6.07) is 2.20. The van der Waals surface area contributed by atoms with Crippen molar-refractivity contribution in [2.24, 2.45) is 0 Å². The highest BCUT2D eigenvalue weighted by atomic mass is 35.5. The van der Waals surface area contributed by atoms with Crippen molar-refractivity contribution >= 4 is 28.5 Å². The van der Waals surface area contributed by atoms with Gasteiger partial charge in [-0.05, 0) is 42.3 Å². The monoisotopic (exact) mass is 198 g/mol. The third-order valence-electron chi connectivity index (χ3n) is 2.28. The molecule has 0 amide bonds. The summed E-state index contributed by atoms with van der Waals surface area (Å²) >= 11 is 7.81. The van der Waals surface area contributed by atoms with Gasteiger partial charge in [0.05, 0.1) is 5.38 Å². The van der Waals surface area contributed by atoms with E-state index in [2.05, 4.69) is 24.4 Å². The molecule has 0 saturated carbocycles. The van der Waals surface area contributed by atoms with Crippen molar-refractivity contribution in [3.05, 3.63) is 28.0 Å². The normalized spacial score (nSPS) is 22.8. The lowest BCUT2D eigenvalue weighted by Gasteiger charge is -1.98. The first-order chi connectivity index (χ1) is 5.77. The van der Waals surface area contributed by atoms with Gasteiger partial charge in [0.15, 0.2) is 0 Å². The molecule has 0 spiro atoms. The number of rotatable bonds is 1. The molecule has 1 aliphatic carbocycles. The van der Waals surface area contributed by atoms with E-state index in [0.29, 0.717) is 0 Å². The van der Waals surface area contributed by atoms with E-state index in [1.807, 2.05) is 11.3 Å². The second kappa shape index (κ2) is 3.23. The highest BCUT2D eigenvalue weighted by Crippen LogP contribution is 2.33. The third-order valence-corrected chi connectivity index (χ3v) is 3.47. The van der Waals surface area contributed by atoms with Gasteiger partial charge in [0.25, 0.3) is 0 Å². The minimum atomic E-state index is 0.263. The Labute approximate surface area is 81.9 Å². The molecule has 0 nitrogen and oxygen atoms in total. The van der Waals surface area contributed by atoms with Gasteiger partial charge in [0, 0.05) is 4.88 Å². The van der Waals surface area contributed by atoms with Crippen LogP contribution in [0.4, 0.5) is 0 Å². The highest BCUT2D eigenvalue weighted by molar-refractivity contribution is 7.10. The number of thiophene rings is 1. The van der Waals surface area contributed by atoms with Crippen LogP contribution in [0.5, 0.6) is 0 Å². The molecule has 0 radical (unpaired) electrons. The van der Waals surface area contributed by atoms with Crippen molar-refractivity contribution in [3.8, 4) is 0 Å². The van der Waals surface area contributed by atoms with E-state index in [1.165, 1.54) is 16.0 Å². The van der Waals surface area contributed by atoms with Crippen LogP contribution < -0.4 is 0 Å². The zero-order chi connectivity index (χ0) is 8.55. The fourth-order valence-electron chi connectivity index (χ4n) is 1.62. The Hall–Kier alpha value is -0.270. The lowest BCUT2D eigenvalue weighted by molar-refractivity contribution is 0.942. The summed E-state index contributed by atoms with van der Waals surface area (Å²) in [6.45, 7) is 2.17. The predicted octanol–water partition coefficient (Wildman–Crippen LogP) is 3.84. The summed E-state index contributed by atoms with van der Waals surface area (Å²) in [7, 11) is 0. The van der Waals surface area contributed by atoms with Gasteiger partial charge < -0.3 is 0 Å². The standard InChI is InChI=1S/C10H11ClS/c1-7-10(4-5-12-7)8-2-3-9(11)6-8/h4-6,9H,2-3H2,1H3. The summed E-state index contributed by atoms with van der Waals surface area (Å²) in [4.78, 5) is 1.41. The molecule has 1 heterocycles. The van der Waals surface area contributed by atoms with E-state index in [-0.39, 0.29) is 5.38 Å². The molecule has 2 heteroatoms. The molecule has 0 N–H and O–H groups in total. The number of alkyl halides is 1. The molecular formula is C10H11ClS. The lowest BCUT2D eigenvalue weighted by Crippen LogP contribution is -1.81. The minimum absolute atomic E-state index is 0.263. The molecule has 0 aromatic carbocycles. The van der Waals surface area contributed by atoms with Crippen molar-refractivity contribution in [1.82, 2.24) is 0 Å². The van der Waals surface area contributed by atoms with Crippen LogP contribution in [0.1, 0.15) is 23.3 Å². The van der Waals surface area contributed by atoms with Gasteiger partial charge >= 0.3 is 0 Å². The zero-order valence-electron chi connectivity index (χ0n) is 7.01. The van der Waals surface area contributed by atoms with Crippen molar-refractivity contribution in [2.75, 3.05) is 0 Å². The van der Waals surface area contributed by atoms with Gasteiger partial charge in [-0.2, -0.15) is 0 Å². The number of hydrogen-bond donors (Lipinski definition) is 0. The first-order valence-electron chi connectivity index (χ1n) is 4.16. The molecule has 0 bridgehead atoms. The van der Waals surface area contributed by atoms with Crippen molar-refractivity contribution in [3.63, 3.8) is 0 Å². The summed E-state index contributed by atoms with van der Waals surface area (Å²) in [6.07, 6.45) is 4.44. The van der Waals surface area contributed by atoms with Crippen LogP contribution in [-0.4, -0.2) is 5.38 Å². The summed E-state index contributed by atoms with van der Waals surface area (Å²) < 4.78 is 0. The average molecular weight is 199 g/mol. The fraction of sp³-hybridized carbons (Fsp3) is 0.400. The molecule has 1 aromatic rings. The van der Waals surface area contributed by atoms with E-state index in [0.717, 1.165) is 12.8 Å². The summed E-state index contributed by atoms with van der Waals surface area (Å²) in [5, 5.41) is 2.41. The fourth-order valence-corrected chi connectivity index (χ4v) is 2.62. The molecule has 2 rings (SSSR count). The first-order valence-corrected chi connectivity index (χ1v) is 5.48. The maximum absolute atomic E-state index is 6.00. The van der Waals surface area contributed by atoms with E-state index in [1.54, 1.807) is 0 Å². The number of allylic oxidation sites excluding steroid dienone is 2. The molecule has 0 fully saturated rings. The maximum Gasteiger partial charge on any atom is 0.0525 e. The average Bonchev–Trinajstić information content (AvgIpc) is 2.58. The van der Waals surface area contributed by atoms with Gasteiger partial charge in [-0.25, -0.2) is 0 Å². The van der Waals surface area contributed by atoms with Crippen LogP contribution in [0, 0.1) is 6.92 Å². The van der Waals surface area contributed by atoms with Gasteiger partial charge in [0.2, 0.25) is 0 Å². The summed E-state index contributed by atoms with van der Waals surface area (Å²) in [5.41, 5.74) is 2.84. The molecule has 12 heavy (non-hydrogen) atoms. The van der Waals surface area contributed by atoms with Crippen LogP contribution in [0.25, 0.3) is 5.57 Å². The van der Waals surface area contributed by atoms with Crippen LogP contribution in [0.2, 0.25) is 0 Å². The molecule has 0 saturated heterocycles.